The third kappa shape index (κ3) is 3.91. The molecule has 84 valence electrons. The summed E-state index contributed by atoms with van der Waals surface area (Å²) in [6.45, 7) is -0.569. The number of nitrogens with one attached hydrogen (secondary N) is 1. The highest BCUT2D eigenvalue weighted by Gasteiger charge is 1.97. The minimum absolute atomic E-state index is 0.256. The third-order valence-electron chi connectivity index (χ3n) is 1.73. The van der Waals surface area contributed by atoms with Crippen molar-refractivity contribution in [1.29, 1.82) is 0 Å². The smallest absolute Gasteiger partial charge is 0.244 e. The van der Waals surface area contributed by atoms with E-state index in [1.54, 1.807) is 6.07 Å². The lowest BCUT2D eigenvalue weighted by Gasteiger charge is -2.01. The molecule has 1 rings (SSSR count). The van der Waals surface area contributed by atoms with Gasteiger partial charge in [0, 0.05) is 11.6 Å². The number of benzene rings is 1. The molecule has 0 aliphatic heterocycles. The second-order valence-electron chi connectivity index (χ2n) is 2.94. The minimum Gasteiger partial charge on any atom is -0.548 e. The summed E-state index contributed by atoms with van der Waals surface area (Å²) in [5.41, 5.74) is 0.256. The van der Waals surface area contributed by atoms with Crippen LogP contribution in [0.3, 0.4) is 0 Å². The largest absolute Gasteiger partial charge is 0.548 e. The second kappa shape index (κ2) is 5.65. The molecule has 16 heavy (non-hydrogen) atoms. The molecule has 5 heteroatoms. The molecule has 1 N–H and O–H groups in total. The van der Waals surface area contributed by atoms with Crippen molar-refractivity contribution < 1.29 is 19.1 Å². The number of aliphatic carboxylic acids is 1. The number of halogens is 1. The van der Waals surface area contributed by atoms with Crippen LogP contribution in [0.5, 0.6) is 0 Å². The zero-order valence-electron chi connectivity index (χ0n) is 8.27. The number of carbonyl (C=O) groups is 2. The Bertz CT molecular complexity index is 429. The summed E-state index contributed by atoms with van der Waals surface area (Å²) >= 11 is 0. The normalized spacial score (nSPS) is 10.3. The van der Waals surface area contributed by atoms with Gasteiger partial charge < -0.3 is 15.2 Å². The van der Waals surface area contributed by atoms with Crippen LogP contribution in [0.2, 0.25) is 0 Å². The van der Waals surface area contributed by atoms with Crippen molar-refractivity contribution in [2.24, 2.45) is 0 Å². The summed E-state index contributed by atoms with van der Waals surface area (Å²) in [4.78, 5) is 21.0. The van der Waals surface area contributed by atoms with Gasteiger partial charge in [0.1, 0.15) is 5.82 Å². The quantitative estimate of drug-likeness (QED) is 0.711. The summed E-state index contributed by atoms with van der Waals surface area (Å²) in [6.07, 6.45) is 2.32. The van der Waals surface area contributed by atoms with Gasteiger partial charge in [0.05, 0.1) is 12.5 Å². The Hall–Kier alpha value is -2.17. The Balaban J connectivity index is 2.57. The Labute approximate surface area is 91.4 Å². The van der Waals surface area contributed by atoms with E-state index in [1.165, 1.54) is 24.3 Å². The highest BCUT2D eigenvalue weighted by atomic mass is 19.1. The van der Waals surface area contributed by atoms with Crippen LogP contribution in [0.15, 0.2) is 30.3 Å². The van der Waals surface area contributed by atoms with Crippen LogP contribution < -0.4 is 10.4 Å². The average molecular weight is 222 g/mol. The maximum Gasteiger partial charge on any atom is 0.244 e. The first kappa shape index (κ1) is 11.9. The fourth-order valence-electron chi connectivity index (χ4n) is 0.994. The van der Waals surface area contributed by atoms with Gasteiger partial charge in [0.2, 0.25) is 5.91 Å². The summed E-state index contributed by atoms with van der Waals surface area (Å²) in [5.74, 6) is -2.45. The van der Waals surface area contributed by atoms with Crippen molar-refractivity contribution in [3.8, 4) is 0 Å². The van der Waals surface area contributed by atoms with Crippen LogP contribution >= 0.6 is 0 Å². The van der Waals surface area contributed by atoms with Crippen molar-refractivity contribution in [3.05, 3.63) is 41.7 Å². The molecule has 0 radical (unpaired) electrons. The van der Waals surface area contributed by atoms with Crippen molar-refractivity contribution >= 4 is 18.0 Å². The lowest BCUT2D eigenvalue weighted by Crippen LogP contribution is -2.36. The molecular weight excluding hydrogens is 213 g/mol. The molecule has 0 fully saturated rings. The SMILES string of the molecule is O=C([O-])CNC(=O)/C=C/c1ccccc1F. The Morgan fingerprint density at radius 2 is 2.06 bits per heavy atom. The van der Waals surface area contributed by atoms with Gasteiger partial charge in [-0.2, -0.15) is 0 Å². The Morgan fingerprint density at radius 3 is 2.69 bits per heavy atom. The molecule has 0 aliphatic carbocycles. The van der Waals surface area contributed by atoms with Crippen molar-refractivity contribution in [2.45, 2.75) is 0 Å². The molecule has 1 amide bonds. The predicted octanol–water partition coefficient (Wildman–Crippen LogP) is -0.295. The van der Waals surface area contributed by atoms with Crippen molar-refractivity contribution in [3.63, 3.8) is 0 Å². The molecule has 0 saturated heterocycles. The number of carboxylic acids is 1. The lowest BCUT2D eigenvalue weighted by atomic mass is 10.2. The molecule has 4 nitrogen and oxygen atoms in total. The van der Waals surface area contributed by atoms with E-state index >= 15 is 0 Å². The molecule has 0 atom stereocenters. The fraction of sp³-hybridized carbons (Fsp3) is 0.0909. The first-order valence-corrected chi connectivity index (χ1v) is 4.50. The molecule has 0 heterocycles. The molecule has 0 spiro atoms. The van der Waals surface area contributed by atoms with Crippen LogP contribution in [-0.2, 0) is 9.59 Å². The van der Waals surface area contributed by atoms with Gasteiger partial charge in [0.15, 0.2) is 0 Å². The van der Waals surface area contributed by atoms with Crippen LogP contribution in [0.4, 0.5) is 4.39 Å². The molecule has 0 aromatic heterocycles. The first-order chi connectivity index (χ1) is 7.59. The summed E-state index contributed by atoms with van der Waals surface area (Å²) < 4.78 is 13.1. The molecule has 0 bridgehead atoms. The van der Waals surface area contributed by atoms with Gasteiger partial charge >= 0.3 is 0 Å². The van der Waals surface area contributed by atoms with Gasteiger partial charge in [-0.3, -0.25) is 4.79 Å². The number of carboxylic acid groups (broad SMARTS) is 1. The van der Waals surface area contributed by atoms with E-state index in [4.69, 9.17) is 0 Å². The maximum absolute atomic E-state index is 13.1. The molecule has 0 unspecified atom stereocenters. The van der Waals surface area contributed by atoms with E-state index in [2.05, 4.69) is 5.32 Å². The van der Waals surface area contributed by atoms with Crippen LogP contribution in [-0.4, -0.2) is 18.4 Å². The lowest BCUT2D eigenvalue weighted by molar-refractivity contribution is -0.303. The van der Waals surface area contributed by atoms with E-state index in [-0.39, 0.29) is 5.56 Å². The standard InChI is InChI=1S/C11H10FNO3/c12-9-4-2-1-3-8(9)5-6-10(14)13-7-11(15)16/h1-6H,7H2,(H,13,14)(H,15,16)/p-1/b6-5+. The summed E-state index contributed by atoms with van der Waals surface area (Å²) in [6, 6.07) is 5.92. The van der Waals surface area contributed by atoms with Gasteiger partial charge in [-0.15, -0.1) is 0 Å². The number of carbonyl (C=O) groups excluding carboxylic acids is 2. The van der Waals surface area contributed by atoms with E-state index in [9.17, 15) is 19.1 Å². The molecular formula is C11H9FNO3-. The number of hydrogen-bond donors (Lipinski definition) is 1. The number of rotatable bonds is 4. The van der Waals surface area contributed by atoms with Gasteiger partial charge in [-0.25, -0.2) is 4.39 Å². The van der Waals surface area contributed by atoms with Crippen molar-refractivity contribution in [2.75, 3.05) is 6.54 Å². The highest BCUT2D eigenvalue weighted by molar-refractivity contribution is 5.93. The van der Waals surface area contributed by atoms with E-state index in [1.807, 2.05) is 0 Å². The fourth-order valence-corrected chi connectivity index (χ4v) is 0.994. The second-order valence-corrected chi connectivity index (χ2v) is 2.94. The number of amides is 1. The zero-order valence-corrected chi connectivity index (χ0v) is 8.27. The van der Waals surface area contributed by atoms with E-state index < -0.39 is 24.2 Å². The predicted molar refractivity (Wildman–Crippen MR) is 53.5 cm³/mol. The van der Waals surface area contributed by atoms with E-state index in [0.717, 1.165) is 6.08 Å². The minimum atomic E-state index is -1.38. The first-order valence-electron chi connectivity index (χ1n) is 4.50. The van der Waals surface area contributed by atoms with Crippen molar-refractivity contribution in [1.82, 2.24) is 5.32 Å². The zero-order chi connectivity index (χ0) is 12.0. The highest BCUT2D eigenvalue weighted by Crippen LogP contribution is 2.07. The van der Waals surface area contributed by atoms with Crippen LogP contribution in [0.25, 0.3) is 6.08 Å². The number of hydrogen-bond acceptors (Lipinski definition) is 3. The topological polar surface area (TPSA) is 69.2 Å². The Kier molecular flexibility index (Phi) is 4.20. The monoisotopic (exact) mass is 222 g/mol. The summed E-state index contributed by atoms with van der Waals surface area (Å²) in [5, 5.41) is 12.1. The van der Waals surface area contributed by atoms with Crippen LogP contribution in [0.1, 0.15) is 5.56 Å². The van der Waals surface area contributed by atoms with E-state index in [0.29, 0.717) is 0 Å². The molecule has 1 aromatic carbocycles. The third-order valence-corrected chi connectivity index (χ3v) is 1.73. The van der Waals surface area contributed by atoms with Crippen LogP contribution in [0, 0.1) is 5.82 Å². The van der Waals surface area contributed by atoms with Gasteiger partial charge in [-0.1, -0.05) is 18.2 Å². The molecule has 1 aromatic rings. The van der Waals surface area contributed by atoms with Gasteiger partial charge in [-0.05, 0) is 12.1 Å². The average Bonchev–Trinajstić information content (AvgIpc) is 2.25. The molecule has 0 saturated carbocycles. The maximum atomic E-state index is 13.1. The summed E-state index contributed by atoms with van der Waals surface area (Å²) in [7, 11) is 0. The van der Waals surface area contributed by atoms with Gasteiger partial charge in [0.25, 0.3) is 0 Å². The molecule has 0 aliphatic rings. The Morgan fingerprint density at radius 1 is 1.38 bits per heavy atom.